The second-order valence-corrected chi connectivity index (χ2v) is 8.84. The molecule has 0 aliphatic heterocycles. The van der Waals surface area contributed by atoms with Gasteiger partial charge in [-0.05, 0) is 49.4 Å². The summed E-state index contributed by atoms with van der Waals surface area (Å²) in [6.07, 6.45) is 3.09. The number of hydrogen-bond donors (Lipinski definition) is 2. The summed E-state index contributed by atoms with van der Waals surface area (Å²) in [5.41, 5.74) is 3.31. The topological polar surface area (TPSA) is 85.8 Å². The number of fused-ring (bicyclic) bond motifs is 1. The van der Waals surface area contributed by atoms with Crippen LogP contribution in [0.5, 0.6) is 0 Å². The average Bonchev–Trinajstić information content (AvgIpc) is 3.08. The zero-order chi connectivity index (χ0) is 20.4. The molecule has 2 atom stereocenters. The molecule has 0 saturated heterocycles. The molecule has 150 valence electrons. The molecule has 8 heteroatoms. The van der Waals surface area contributed by atoms with E-state index < -0.39 is 0 Å². The number of rotatable bonds is 5. The predicted octanol–water partition coefficient (Wildman–Crippen LogP) is 3.99. The van der Waals surface area contributed by atoms with Gasteiger partial charge in [-0.25, -0.2) is 4.68 Å². The lowest BCUT2D eigenvalue weighted by Gasteiger charge is -2.27. The van der Waals surface area contributed by atoms with Crippen molar-refractivity contribution in [2.75, 3.05) is 5.84 Å². The van der Waals surface area contributed by atoms with E-state index in [1.54, 1.807) is 12.1 Å². The van der Waals surface area contributed by atoms with Crippen LogP contribution in [0.15, 0.2) is 53.7 Å². The largest absolute Gasteiger partial charge is 0.348 e. The molecule has 1 aliphatic rings. The lowest BCUT2D eigenvalue weighted by atomic mass is 9.88. The third-order valence-electron chi connectivity index (χ3n) is 5.08. The van der Waals surface area contributed by atoms with Crippen molar-refractivity contribution < 1.29 is 4.79 Å². The molecule has 1 amide bonds. The Kier molecular flexibility index (Phi) is 5.78. The lowest BCUT2D eigenvalue weighted by molar-refractivity contribution is -0.121. The molecule has 0 saturated carbocycles. The molecule has 2 aromatic carbocycles. The Hall–Kier alpha value is -2.51. The van der Waals surface area contributed by atoms with E-state index in [-0.39, 0.29) is 17.2 Å². The molecule has 0 bridgehead atoms. The molecule has 6 nitrogen and oxygen atoms in total. The molecule has 2 unspecified atom stereocenters. The minimum atomic E-state index is -0.359. The van der Waals surface area contributed by atoms with E-state index in [0.29, 0.717) is 16.0 Å². The maximum Gasteiger partial charge on any atom is 0.233 e. The highest BCUT2D eigenvalue weighted by Gasteiger charge is 2.25. The molecule has 0 radical (unpaired) electrons. The van der Waals surface area contributed by atoms with E-state index in [9.17, 15) is 4.79 Å². The van der Waals surface area contributed by atoms with Gasteiger partial charge in [0.15, 0.2) is 5.82 Å². The maximum atomic E-state index is 12.8. The van der Waals surface area contributed by atoms with Crippen LogP contribution in [0.2, 0.25) is 5.02 Å². The van der Waals surface area contributed by atoms with Crippen LogP contribution >= 0.6 is 23.4 Å². The van der Waals surface area contributed by atoms with Crippen molar-refractivity contribution >= 4 is 29.3 Å². The Labute approximate surface area is 178 Å². The number of aryl methyl sites for hydroxylation is 1. The number of nitrogens with zero attached hydrogens (tertiary/aromatic N) is 3. The van der Waals surface area contributed by atoms with Crippen molar-refractivity contribution in [3.05, 3.63) is 64.7 Å². The SMILES string of the molecule is CC(Sc1nnc(-c2cccc(Cl)c2)n1N)C(=O)NC1CCCc2ccccc21. The highest BCUT2D eigenvalue weighted by atomic mass is 35.5. The van der Waals surface area contributed by atoms with Gasteiger partial charge in [-0.3, -0.25) is 4.79 Å². The highest BCUT2D eigenvalue weighted by Crippen LogP contribution is 2.31. The van der Waals surface area contributed by atoms with Gasteiger partial charge in [0.25, 0.3) is 0 Å². The second-order valence-electron chi connectivity index (χ2n) is 7.10. The molecule has 29 heavy (non-hydrogen) atoms. The van der Waals surface area contributed by atoms with E-state index in [1.165, 1.54) is 27.6 Å². The average molecular weight is 428 g/mol. The number of nitrogens with two attached hydrogens (primary N) is 1. The number of carbonyl (C=O) groups is 1. The van der Waals surface area contributed by atoms with Gasteiger partial charge in [0.05, 0.1) is 11.3 Å². The van der Waals surface area contributed by atoms with Crippen LogP contribution in [0.4, 0.5) is 0 Å². The first-order chi connectivity index (χ1) is 14.0. The Bertz CT molecular complexity index is 1040. The van der Waals surface area contributed by atoms with Crippen molar-refractivity contribution in [3.63, 3.8) is 0 Å². The zero-order valence-electron chi connectivity index (χ0n) is 16.0. The van der Waals surface area contributed by atoms with Gasteiger partial charge >= 0.3 is 0 Å². The summed E-state index contributed by atoms with van der Waals surface area (Å²) >= 11 is 7.34. The molecule has 0 fully saturated rings. The van der Waals surface area contributed by atoms with Crippen LogP contribution < -0.4 is 11.2 Å². The number of benzene rings is 2. The number of thioether (sulfide) groups is 1. The van der Waals surface area contributed by atoms with Crippen molar-refractivity contribution in [2.45, 2.75) is 42.6 Å². The zero-order valence-corrected chi connectivity index (χ0v) is 17.6. The van der Waals surface area contributed by atoms with Crippen molar-refractivity contribution in [3.8, 4) is 11.4 Å². The van der Waals surface area contributed by atoms with Gasteiger partial charge in [0.2, 0.25) is 11.1 Å². The van der Waals surface area contributed by atoms with Crippen molar-refractivity contribution in [1.29, 1.82) is 0 Å². The lowest BCUT2D eigenvalue weighted by Crippen LogP contribution is -2.36. The Morgan fingerprint density at radius 2 is 2.10 bits per heavy atom. The molecular formula is C21H22ClN5OS. The van der Waals surface area contributed by atoms with Crippen LogP contribution in [0, 0.1) is 0 Å². The maximum absolute atomic E-state index is 12.8. The third kappa shape index (κ3) is 4.26. The molecule has 3 N–H and O–H groups in total. The summed E-state index contributed by atoms with van der Waals surface area (Å²) in [5, 5.41) is 12.2. The molecule has 3 aromatic rings. The normalized spacial score (nSPS) is 16.8. The van der Waals surface area contributed by atoms with Gasteiger partial charge < -0.3 is 11.2 Å². The number of nitrogens with one attached hydrogen (secondary N) is 1. The summed E-state index contributed by atoms with van der Waals surface area (Å²) in [5.74, 6) is 6.64. The fourth-order valence-corrected chi connectivity index (χ4v) is 4.56. The van der Waals surface area contributed by atoms with Crippen molar-refractivity contribution in [1.82, 2.24) is 20.2 Å². The number of nitrogen functional groups attached to an aromatic ring is 1. The van der Waals surface area contributed by atoms with Crippen LogP contribution in [0.25, 0.3) is 11.4 Å². The Morgan fingerprint density at radius 1 is 1.28 bits per heavy atom. The van der Waals surface area contributed by atoms with Crippen molar-refractivity contribution in [2.24, 2.45) is 0 Å². The summed E-state index contributed by atoms with van der Waals surface area (Å²) < 4.78 is 1.40. The van der Waals surface area contributed by atoms with E-state index in [4.69, 9.17) is 17.4 Å². The minimum absolute atomic E-state index is 0.0380. The van der Waals surface area contributed by atoms with Gasteiger partial charge in [0, 0.05) is 10.6 Å². The minimum Gasteiger partial charge on any atom is -0.348 e. The number of hydrogen-bond acceptors (Lipinski definition) is 5. The summed E-state index contributed by atoms with van der Waals surface area (Å²) in [7, 11) is 0. The first-order valence-corrected chi connectivity index (χ1v) is 10.8. The van der Waals surface area contributed by atoms with E-state index in [1.807, 2.05) is 31.2 Å². The van der Waals surface area contributed by atoms with Crippen LogP contribution in [0.1, 0.15) is 36.9 Å². The first kappa shape index (κ1) is 19.8. The monoisotopic (exact) mass is 427 g/mol. The summed E-state index contributed by atoms with van der Waals surface area (Å²) in [6.45, 7) is 1.85. The predicted molar refractivity (Wildman–Crippen MR) is 116 cm³/mol. The summed E-state index contributed by atoms with van der Waals surface area (Å²) in [6, 6.07) is 15.6. The Morgan fingerprint density at radius 3 is 2.93 bits per heavy atom. The number of halogens is 1. The summed E-state index contributed by atoms with van der Waals surface area (Å²) in [4.78, 5) is 12.8. The Balaban J connectivity index is 1.45. The van der Waals surface area contributed by atoms with Crippen LogP contribution in [-0.4, -0.2) is 26.0 Å². The molecular weight excluding hydrogens is 406 g/mol. The molecule has 4 rings (SSSR count). The number of amides is 1. The molecule has 1 heterocycles. The second kappa shape index (κ2) is 8.47. The fourth-order valence-electron chi connectivity index (χ4n) is 3.59. The van der Waals surface area contributed by atoms with Gasteiger partial charge in [-0.1, -0.05) is 59.8 Å². The number of aromatic nitrogens is 3. The van der Waals surface area contributed by atoms with Gasteiger partial charge in [-0.2, -0.15) is 0 Å². The number of carbonyl (C=O) groups excluding carboxylic acids is 1. The third-order valence-corrected chi connectivity index (χ3v) is 6.38. The first-order valence-electron chi connectivity index (χ1n) is 9.54. The van der Waals surface area contributed by atoms with E-state index in [2.05, 4.69) is 27.6 Å². The van der Waals surface area contributed by atoms with Crippen LogP contribution in [0.3, 0.4) is 0 Å². The fraction of sp³-hybridized carbons (Fsp3) is 0.286. The highest BCUT2D eigenvalue weighted by molar-refractivity contribution is 8.00. The molecule has 1 aromatic heterocycles. The van der Waals surface area contributed by atoms with Crippen LogP contribution in [-0.2, 0) is 11.2 Å². The quantitative estimate of drug-likeness (QED) is 0.475. The molecule has 0 spiro atoms. The molecule has 1 aliphatic carbocycles. The van der Waals surface area contributed by atoms with Gasteiger partial charge in [-0.15, -0.1) is 10.2 Å². The van der Waals surface area contributed by atoms with E-state index >= 15 is 0 Å². The van der Waals surface area contributed by atoms with E-state index in [0.717, 1.165) is 24.8 Å². The van der Waals surface area contributed by atoms with Gasteiger partial charge in [0.1, 0.15) is 0 Å². The standard InChI is InChI=1S/C21H22ClN5OS/c1-13(20(28)24-18-11-5-7-14-6-2-3-10-17(14)18)29-21-26-25-19(27(21)23)15-8-4-9-16(22)12-15/h2-4,6,8-10,12-13,18H,5,7,11,23H2,1H3,(H,24,28). The smallest absolute Gasteiger partial charge is 0.233 e.